The summed E-state index contributed by atoms with van der Waals surface area (Å²) in [5.74, 6) is -0.894. The molecule has 2 rings (SSSR count). The second kappa shape index (κ2) is 5.80. The molecular weight excluding hydrogens is 298 g/mol. The molecule has 0 atom stereocenters. The lowest BCUT2D eigenvalue weighted by molar-refractivity contribution is -0.385. The number of carbonyl (C=O) groups is 1. The van der Waals surface area contributed by atoms with Crippen molar-refractivity contribution in [1.29, 1.82) is 0 Å². The van der Waals surface area contributed by atoms with Crippen LogP contribution in [0.3, 0.4) is 0 Å². The van der Waals surface area contributed by atoms with Crippen molar-refractivity contribution in [1.82, 2.24) is 0 Å². The molecule has 1 N–H and O–H groups in total. The summed E-state index contributed by atoms with van der Waals surface area (Å²) in [4.78, 5) is 21.1. The minimum atomic E-state index is -1.40. The Morgan fingerprint density at radius 3 is 2.62 bits per heavy atom. The van der Waals surface area contributed by atoms with Gasteiger partial charge in [0.2, 0.25) is 0 Å². The fourth-order valence-electron chi connectivity index (χ4n) is 1.72. The molecule has 0 saturated heterocycles. The van der Waals surface area contributed by atoms with Gasteiger partial charge in [0.1, 0.15) is 17.1 Å². The fraction of sp³-hybridized carbons (Fsp3) is 0.0714. The Bertz CT molecular complexity index is 729. The average Bonchev–Trinajstić information content (AvgIpc) is 2.42. The Balaban J connectivity index is 2.41. The van der Waals surface area contributed by atoms with E-state index in [2.05, 4.69) is 0 Å². The van der Waals surface area contributed by atoms with E-state index in [1.807, 2.05) is 6.92 Å². The zero-order valence-corrected chi connectivity index (χ0v) is 11.6. The van der Waals surface area contributed by atoms with Crippen LogP contribution in [0.4, 0.5) is 5.69 Å². The first-order valence-electron chi connectivity index (χ1n) is 5.84. The van der Waals surface area contributed by atoms with Gasteiger partial charge in [-0.1, -0.05) is 17.7 Å². The van der Waals surface area contributed by atoms with Crippen molar-refractivity contribution in [3.63, 3.8) is 0 Å². The van der Waals surface area contributed by atoms with Gasteiger partial charge in [0.25, 0.3) is 5.69 Å². The molecule has 0 fully saturated rings. The standard InChI is InChI=1S/C14H10ClNO5/c1-8-2-4-11(15)13(6-8)21-9-3-5-12(16(19)20)10(7-9)14(17)18/h2-7H,1H3,(H,17,18). The van der Waals surface area contributed by atoms with E-state index in [0.717, 1.165) is 17.7 Å². The van der Waals surface area contributed by atoms with Crippen LogP contribution in [-0.2, 0) is 0 Å². The zero-order chi connectivity index (χ0) is 15.6. The van der Waals surface area contributed by atoms with Crippen molar-refractivity contribution in [3.05, 3.63) is 62.7 Å². The van der Waals surface area contributed by atoms with Gasteiger partial charge in [-0.2, -0.15) is 0 Å². The molecule has 0 heterocycles. The molecule has 0 aliphatic carbocycles. The van der Waals surface area contributed by atoms with Crippen LogP contribution in [0.2, 0.25) is 5.02 Å². The summed E-state index contributed by atoms with van der Waals surface area (Å²) in [7, 11) is 0. The third kappa shape index (κ3) is 3.29. The quantitative estimate of drug-likeness (QED) is 0.680. The van der Waals surface area contributed by atoms with E-state index in [9.17, 15) is 14.9 Å². The number of aromatic carboxylic acids is 1. The number of benzene rings is 2. The van der Waals surface area contributed by atoms with Crippen LogP contribution < -0.4 is 4.74 Å². The summed E-state index contributed by atoms with van der Waals surface area (Å²) in [6, 6.07) is 8.64. The van der Waals surface area contributed by atoms with Crippen molar-refractivity contribution in [3.8, 4) is 11.5 Å². The molecule has 6 nitrogen and oxygen atoms in total. The first-order valence-corrected chi connectivity index (χ1v) is 6.22. The second-order valence-electron chi connectivity index (χ2n) is 4.28. The van der Waals surface area contributed by atoms with Gasteiger partial charge in [-0.25, -0.2) is 4.79 Å². The molecule has 21 heavy (non-hydrogen) atoms. The lowest BCUT2D eigenvalue weighted by atomic mass is 10.1. The first-order chi connectivity index (χ1) is 9.88. The molecule has 0 amide bonds. The molecule has 0 aliphatic heterocycles. The molecule has 7 heteroatoms. The molecule has 0 unspecified atom stereocenters. The van der Waals surface area contributed by atoms with Crippen molar-refractivity contribution in [2.45, 2.75) is 6.92 Å². The summed E-state index contributed by atoms with van der Waals surface area (Å²) < 4.78 is 5.50. The van der Waals surface area contributed by atoms with E-state index in [-0.39, 0.29) is 5.75 Å². The number of carboxylic acid groups (broad SMARTS) is 1. The fourth-order valence-corrected chi connectivity index (χ4v) is 1.88. The van der Waals surface area contributed by atoms with E-state index in [4.69, 9.17) is 21.4 Å². The number of nitro benzene ring substituents is 1. The molecule has 0 bridgehead atoms. The van der Waals surface area contributed by atoms with E-state index < -0.39 is 22.1 Å². The van der Waals surface area contributed by atoms with Gasteiger partial charge in [-0.3, -0.25) is 10.1 Å². The molecule has 0 spiro atoms. The van der Waals surface area contributed by atoms with E-state index in [1.165, 1.54) is 6.07 Å². The lowest BCUT2D eigenvalue weighted by Crippen LogP contribution is -2.02. The van der Waals surface area contributed by atoms with Crippen LogP contribution in [0.25, 0.3) is 0 Å². The van der Waals surface area contributed by atoms with Crippen LogP contribution in [0.15, 0.2) is 36.4 Å². The highest BCUT2D eigenvalue weighted by atomic mass is 35.5. The highest BCUT2D eigenvalue weighted by Crippen LogP contribution is 2.32. The van der Waals surface area contributed by atoms with Crippen molar-refractivity contribution in [2.24, 2.45) is 0 Å². The number of hydrogen-bond donors (Lipinski definition) is 1. The van der Waals surface area contributed by atoms with Crippen molar-refractivity contribution < 1.29 is 19.6 Å². The van der Waals surface area contributed by atoms with Gasteiger partial charge in [0.05, 0.1) is 9.95 Å². The summed E-state index contributed by atoms with van der Waals surface area (Å²) >= 11 is 5.98. The molecule has 2 aromatic rings. The Kier molecular flexibility index (Phi) is 4.09. The van der Waals surface area contributed by atoms with E-state index in [0.29, 0.717) is 10.8 Å². The number of hydrogen-bond acceptors (Lipinski definition) is 4. The van der Waals surface area contributed by atoms with Gasteiger partial charge in [0.15, 0.2) is 0 Å². The third-order valence-electron chi connectivity index (χ3n) is 2.71. The Morgan fingerprint density at radius 2 is 2.00 bits per heavy atom. The number of halogens is 1. The topological polar surface area (TPSA) is 89.7 Å². The first kappa shape index (κ1) is 14.8. The highest BCUT2D eigenvalue weighted by molar-refractivity contribution is 6.32. The predicted octanol–water partition coefficient (Wildman–Crippen LogP) is 4.05. The largest absolute Gasteiger partial charge is 0.477 e. The third-order valence-corrected chi connectivity index (χ3v) is 3.02. The summed E-state index contributed by atoms with van der Waals surface area (Å²) in [6.45, 7) is 1.85. The van der Waals surface area contributed by atoms with Crippen LogP contribution in [0, 0.1) is 17.0 Å². The average molecular weight is 308 g/mol. The highest BCUT2D eigenvalue weighted by Gasteiger charge is 2.20. The van der Waals surface area contributed by atoms with Gasteiger partial charge in [0, 0.05) is 12.1 Å². The maximum atomic E-state index is 11.1. The Labute approximate surface area is 124 Å². The van der Waals surface area contributed by atoms with Gasteiger partial charge >= 0.3 is 5.97 Å². The van der Waals surface area contributed by atoms with Gasteiger partial charge < -0.3 is 9.84 Å². The van der Waals surface area contributed by atoms with Crippen LogP contribution in [0.1, 0.15) is 15.9 Å². The number of rotatable bonds is 4. The Hall–Kier alpha value is -2.60. The molecule has 0 aliphatic rings. The summed E-state index contributed by atoms with van der Waals surface area (Å²) in [5, 5.41) is 20.1. The zero-order valence-electron chi connectivity index (χ0n) is 10.9. The summed E-state index contributed by atoms with van der Waals surface area (Å²) in [5.41, 5.74) is -0.0266. The van der Waals surface area contributed by atoms with Crippen LogP contribution >= 0.6 is 11.6 Å². The SMILES string of the molecule is Cc1ccc(Cl)c(Oc2ccc([N+](=O)[O-])c(C(=O)O)c2)c1. The van der Waals surface area contributed by atoms with Crippen molar-refractivity contribution >= 4 is 23.3 Å². The minimum Gasteiger partial charge on any atom is -0.477 e. The molecule has 0 saturated carbocycles. The minimum absolute atomic E-state index is 0.158. The Morgan fingerprint density at radius 1 is 1.29 bits per heavy atom. The summed E-state index contributed by atoms with van der Waals surface area (Å²) in [6.07, 6.45) is 0. The molecule has 108 valence electrons. The molecular formula is C14H10ClNO5. The number of aryl methyl sites for hydroxylation is 1. The monoisotopic (exact) mass is 307 g/mol. The number of nitrogens with zero attached hydrogens (tertiary/aromatic N) is 1. The predicted molar refractivity (Wildman–Crippen MR) is 76.3 cm³/mol. The second-order valence-corrected chi connectivity index (χ2v) is 4.68. The number of nitro groups is 1. The number of ether oxygens (including phenoxy) is 1. The maximum absolute atomic E-state index is 11.1. The molecule has 0 radical (unpaired) electrons. The normalized spacial score (nSPS) is 10.2. The van der Waals surface area contributed by atoms with E-state index >= 15 is 0 Å². The van der Waals surface area contributed by atoms with Gasteiger partial charge in [-0.15, -0.1) is 0 Å². The molecule has 2 aromatic carbocycles. The smallest absolute Gasteiger partial charge is 0.342 e. The number of carboxylic acids is 1. The van der Waals surface area contributed by atoms with Gasteiger partial charge in [-0.05, 0) is 30.7 Å². The van der Waals surface area contributed by atoms with Crippen LogP contribution in [-0.4, -0.2) is 16.0 Å². The maximum Gasteiger partial charge on any atom is 0.342 e. The molecule has 0 aromatic heterocycles. The van der Waals surface area contributed by atoms with Crippen LogP contribution in [0.5, 0.6) is 11.5 Å². The lowest BCUT2D eigenvalue weighted by Gasteiger charge is -2.09. The van der Waals surface area contributed by atoms with Crippen molar-refractivity contribution in [2.75, 3.05) is 0 Å². The van der Waals surface area contributed by atoms with E-state index in [1.54, 1.807) is 18.2 Å².